The van der Waals surface area contributed by atoms with Crippen molar-refractivity contribution in [2.24, 2.45) is 13.0 Å². The normalized spacial score (nSPS) is 18.7. The van der Waals surface area contributed by atoms with Crippen LogP contribution in [-0.2, 0) is 31.4 Å². The molecular weight excluding hydrogens is 326 g/mol. The number of aromatic nitrogens is 3. The molecule has 138 valence electrons. The van der Waals surface area contributed by atoms with E-state index in [0.29, 0.717) is 18.2 Å². The van der Waals surface area contributed by atoms with Gasteiger partial charge in [-0.1, -0.05) is 24.3 Å². The first kappa shape index (κ1) is 17.2. The molecule has 0 bridgehead atoms. The maximum absolute atomic E-state index is 12.7. The average molecular weight is 353 g/mol. The number of rotatable bonds is 4. The van der Waals surface area contributed by atoms with Crippen molar-refractivity contribution in [3.8, 4) is 0 Å². The van der Waals surface area contributed by atoms with Gasteiger partial charge in [0, 0.05) is 26.6 Å². The van der Waals surface area contributed by atoms with Crippen molar-refractivity contribution >= 4 is 5.91 Å². The van der Waals surface area contributed by atoms with Gasteiger partial charge in [-0.05, 0) is 49.4 Å². The highest BCUT2D eigenvalue weighted by Crippen LogP contribution is 2.25. The molecule has 0 unspecified atom stereocenters. The Morgan fingerprint density at radius 1 is 1.15 bits per heavy atom. The van der Waals surface area contributed by atoms with Gasteiger partial charge in [-0.3, -0.25) is 14.4 Å². The number of nitrogens with zero attached hydrogens (tertiary/aromatic N) is 5. The zero-order chi connectivity index (χ0) is 17.9. The van der Waals surface area contributed by atoms with E-state index in [1.165, 1.54) is 11.1 Å². The highest BCUT2D eigenvalue weighted by atomic mass is 16.2. The molecule has 1 saturated heterocycles. The Morgan fingerprint density at radius 3 is 2.65 bits per heavy atom. The van der Waals surface area contributed by atoms with E-state index in [2.05, 4.69) is 39.2 Å². The van der Waals surface area contributed by atoms with E-state index in [4.69, 9.17) is 0 Å². The molecule has 0 N–H and O–H groups in total. The van der Waals surface area contributed by atoms with Crippen LogP contribution in [0.1, 0.15) is 36.2 Å². The first-order valence-electron chi connectivity index (χ1n) is 9.59. The van der Waals surface area contributed by atoms with Crippen LogP contribution in [0.4, 0.5) is 0 Å². The lowest BCUT2D eigenvalue weighted by molar-refractivity contribution is -0.133. The fourth-order valence-corrected chi connectivity index (χ4v) is 4.10. The summed E-state index contributed by atoms with van der Waals surface area (Å²) in [6.45, 7) is 4.56. The van der Waals surface area contributed by atoms with Crippen LogP contribution in [0.15, 0.2) is 30.6 Å². The van der Waals surface area contributed by atoms with Crippen LogP contribution in [0.2, 0.25) is 0 Å². The Hall–Kier alpha value is -2.21. The van der Waals surface area contributed by atoms with E-state index in [1.54, 1.807) is 6.33 Å². The number of carbonyl (C=O) groups excluding carboxylic acids is 1. The highest BCUT2D eigenvalue weighted by molar-refractivity contribution is 5.76. The molecule has 2 aliphatic rings. The van der Waals surface area contributed by atoms with Crippen LogP contribution >= 0.6 is 0 Å². The lowest BCUT2D eigenvalue weighted by atomic mass is 9.92. The number of carbonyl (C=O) groups is 1. The second kappa shape index (κ2) is 7.58. The lowest BCUT2D eigenvalue weighted by Gasteiger charge is -2.34. The van der Waals surface area contributed by atoms with E-state index in [-0.39, 0.29) is 0 Å². The molecule has 1 fully saturated rings. The van der Waals surface area contributed by atoms with Crippen LogP contribution in [-0.4, -0.2) is 50.1 Å². The van der Waals surface area contributed by atoms with Gasteiger partial charge in [-0.15, -0.1) is 0 Å². The molecule has 4 rings (SSSR count). The molecule has 6 heteroatoms. The molecule has 26 heavy (non-hydrogen) atoms. The third kappa shape index (κ3) is 3.80. The van der Waals surface area contributed by atoms with Gasteiger partial charge in [0.2, 0.25) is 5.91 Å². The van der Waals surface area contributed by atoms with Crippen molar-refractivity contribution in [1.29, 1.82) is 0 Å². The standard InChI is InChI=1S/C20H27N5O/c1-23-19(21-15-22-23)14-24-9-6-16(7-10-24)12-20(26)25-11-8-17-4-2-3-5-18(17)13-25/h2-5,15-16H,6-14H2,1H3. The summed E-state index contributed by atoms with van der Waals surface area (Å²) in [5.41, 5.74) is 2.71. The molecule has 0 radical (unpaired) electrons. The zero-order valence-electron chi connectivity index (χ0n) is 15.5. The van der Waals surface area contributed by atoms with Gasteiger partial charge in [0.1, 0.15) is 12.2 Å². The molecule has 0 atom stereocenters. The quantitative estimate of drug-likeness (QED) is 0.844. The number of piperidine rings is 1. The SMILES string of the molecule is Cn1ncnc1CN1CCC(CC(=O)N2CCc3ccccc3C2)CC1. The predicted octanol–water partition coefficient (Wildman–Crippen LogP) is 2.00. The Kier molecular flexibility index (Phi) is 5.02. The number of hydrogen-bond donors (Lipinski definition) is 0. The van der Waals surface area contributed by atoms with Crippen molar-refractivity contribution in [1.82, 2.24) is 24.6 Å². The topological polar surface area (TPSA) is 54.3 Å². The third-order valence-corrected chi connectivity index (χ3v) is 5.82. The predicted molar refractivity (Wildman–Crippen MR) is 99.2 cm³/mol. The van der Waals surface area contributed by atoms with Crippen molar-refractivity contribution in [3.63, 3.8) is 0 Å². The van der Waals surface area contributed by atoms with E-state index in [1.807, 2.05) is 16.6 Å². The van der Waals surface area contributed by atoms with Crippen molar-refractivity contribution in [2.45, 2.75) is 38.8 Å². The molecule has 1 aromatic heterocycles. The Morgan fingerprint density at radius 2 is 1.92 bits per heavy atom. The largest absolute Gasteiger partial charge is 0.338 e. The molecule has 1 amide bonds. The number of likely N-dealkylation sites (tertiary alicyclic amines) is 1. The van der Waals surface area contributed by atoms with Crippen LogP contribution in [0.3, 0.4) is 0 Å². The van der Waals surface area contributed by atoms with E-state index in [0.717, 1.165) is 57.8 Å². The van der Waals surface area contributed by atoms with Gasteiger partial charge in [0.15, 0.2) is 0 Å². The number of hydrogen-bond acceptors (Lipinski definition) is 4. The van der Waals surface area contributed by atoms with Crippen molar-refractivity contribution < 1.29 is 4.79 Å². The van der Waals surface area contributed by atoms with Crippen LogP contribution < -0.4 is 0 Å². The van der Waals surface area contributed by atoms with E-state index in [9.17, 15) is 4.79 Å². The Balaban J connectivity index is 1.25. The molecule has 2 aromatic rings. The van der Waals surface area contributed by atoms with Gasteiger partial charge in [0.25, 0.3) is 0 Å². The molecule has 1 aromatic carbocycles. The highest BCUT2D eigenvalue weighted by Gasteiger charge is 2.26. The minimum atomic E-state index is 0.325. The summed E-state index contributed by atoms with van der Waals surface area (Å²) < 4.78 is 1.84. The van der Waals surface area contributed by atoms with Crippen molar-refractivity contribution in [2.75, 3.05) is 19.6 Å². The monoisotopic (exact) mass is 353 g/mol. The molecule has 0 saturated carbocycles. The maximum atomic E-state index is 12.7. The summed E-state index contributed by atoms with van der Waals surface area (Å²) in [5.74, 6) is 1.84. The summed E-state index contributed by atoms with van der Waals surface area (Å²) in [4.78, 5) is 21.5. The number of fused-ring (bicyclic) bond motifs is 1. The van der Waals surface area contributed by atoms with Gasteiger partial charge in [0.05, 0.1) is 6.54 Å². The van der Waals surface area contributed by atoms with Crippen LogP contribution in [0.25, 0.3) is 0 Å². The van der Waals surface area contributed by atoms with Gasteiger partial charge in [-0.2, -0.15) is 5.10 Å². The Bertz CT molecular complexity index is 763. The fourth-order valence-electron chi connectivity index (χ4n) is 4.10. The molecule has 0 aliphatic carbocycles. The van der Waals surface area contributed by atoms with Gasteiger partial charge >= 0.3 is 0 Å². The first-order valence-corrected chi connectivity index (χ1v) is 9.59. The molecule has 6 nitrogen and oxygen atoms in total. The number of amides is 1. The number of benzene rings is 1. The summed E-state index contributed by atoms with van der Waals surface area (Å²) in [6.07, 6.45) is 5.47. The summed E-state index contributed by atoms with van der Waals surface area (Å²) in [5, 5.41) is 4.13. The molecule has 2 aliphatic heterocycles. The van der Waals surface area contributed by atoms with E-state index >= 15 is 0 Å². The molecule has 0 spiro atoms. The van der Waals surface area contributed by atoms with E-state index < -0.39 is 0 Å². The summed E-state index contributed by atoms with van der Waals surface area (Å²) in [6, 6.07) is 8.49. The second-order valence-electron chi connectivity index (χ2n) is 7.56. The van der Waals surface area contributed by atoms with Gasteiger partial charge < -0.3 is 4.90 Å². The molecule has 3 heterocycles. The lowest BCUT2D eigenvalue weighted by Crippen LogP contribution is -2.39. The minimum Gasteiger partial charge on any atom is -0.338 e. The smallest absolute Gasteiger partial charge is 0.223 e. The summed E-state index contributed by atoms with van der Waals surface area (Å²) >= 11 is 0. The van der Waals surface area contributed by atoms with Gasteiger partial charge in [-0.25, -0.2) is 4.98 Å². The first-order chi connectivity index (χ1) is 12.7. The average Bonchev–Trinajstić information content (AvgIpc) is 3.07. The zero-order valence-corrected chi connectivity index (χ0v) is 15.5. The van der Waals surface area contributed by atoms with Crippen molar-refractivity contribution in [3.05, 3.63) is 47.5 Å². The minimum absolute atomic E-state index is 0.325. The fraction of sp³-hybridized carbons (Fsp3) is 0.550. The number of aryl methyl sites for hydroxylation is 1. The Labute approximate surface area is 154 Å². The van der Waals surface area contributed by atoms with Crippen LogP contribution in [0, 0.1) is 5.92 Å². The molecular formula is C20H27N5O. The summed E-state index contributed by atoms with van der Waals surface area (Å²) in [7, 11) is 1.94. The second-order valence-corrected chi connectivity index (χ2v) is 7.56. The third-order valence-electron chi connectivity index (χ3n) is 5.82. The van der Waals surface area contributed by atoms with Crippen LogP contribution in [0.5, 0.6) is 0 Å². The maximum Gasteiger partial charge on any atom is 0.223 e.